The van der Waals surface area contributed by atoms with Crippen LogP contribution in [0.5, 0.6) is 0 Å². The van der Waals surface area contributed by atoms with Crippen molar-refractivity contribution in [1.82, 2.24) is 9.88 Å². The third kappa shape index (κ3) is 4.37. The summed E-state index contributed by atoms with van der Waals surface area (Å²) in [7, 11) is 0. The first-order valence-electron chi connectivity index (χ1n) is 12.2. The number of ether oxygens (including phenoxy) is 1. The van der Waals surface area contributed by atoms with Crippen LogP contribution >= 0.6 is 0 Å². The summed E-state index contributed by atoms with van der Waals surface area (Å²) in [4.78, 5) is 21.2. The SMILES string of the molecule is Cc1cccc(C2(C(=O)N3CCC[C@H]3c3cccc(Cc4ccccc4F)n3)CCOCC2)c1. The molecule has 0 unspecified atom stereocenters. The lowest BCUT2D eigenvalue weighted by Crippen LogP contribution is -2.49. The zero-order valence-corrected chi connectivity index (χ0v) is 19.7. The van der Waals surface area contributed by atoms with Crippen molar-refractivity contribution in [2.24, 2.45) is 0 Å². The van der Waals surface area contributed by atoms with E-state index < -0.39 is 5.41 Å². The summed E-state index contributed by atoms with van der Waals surface area (Å²) in [6.45, 7) is 3.99. The lowest BCUT2D eigenvalue weighted by molar-refractivity contribution is -0.142. The summed E-state index contributed by atoms with van der Waals surface area (Å²) in [6, 6.07) is 21.0. The van der Waals surface area contributed by atoms with Gasteiger partial charge < -0.3 is 9.64 Å². The van der Waals surface area contributed by atoms with E-state index in [1.165, 1.54) is 6.07 Å². The molecule has 3 aromatic rings. The fourth-order valence-corrected chi connectivity index (χ4v) is 5.50. The minimum absolute atomic E-state index is 0.0578. The van der Waals surface area contributed by atoms with Gasteiger partial charge in [-0.3, -0.25) is 9.78 Å². The summed E-state index contributed by atoms with van der Waals surface area (Å²) < 4.78 is 19.9. The highest BCUT2D eigenvalue weighted by atomic mass is 19.1. The molecule has 0 radical (unpaired) electrons. The van der Waals surface area contributed by atoms with Crippen LogP contribution in [-0.4, -0.2) is 35.5 Å². The Morgan fingerprint density at radius 2 is 1.88 bits per heavy atom. The third-order valence-electron chi connectivity index (χ3n) is 7.34. The van der Waals surface area contributed by atoms with E-state index in [1.54, 1.807) is 12.1 Å². The van der Waals surface area contributed by atoms with Gasteiger partial charge in [0.25, 0.3) is 0 Å². The maximum absolute atomic E-state index is 14.2. The van der Waals surface area contributed by atoms with E-state index in [1.807, 2.05) is 35.2 Å². The highest BCUT2D eigenvalue weighted by Gasteiger charge is 2.47. The molecule has 0 saturated carbocycles. The second-order valence-electron chi connectivity index (χ2n) is 9.54. The first-order chi connectivity index (χ1) is 16.6. The number of aromatic nitrogens is 1. The van der Waals surface area contributed by atoms with Crippen molar-refractivity contribution in [3.05, 3.63) is 101 Å². The number of carbonyl (C=O) groups excluding carboxylic acids is 1. The Labute approximate surface area is 200 Å². The van der Waals surface area contributed by atoms with E-state index >= 15 is 0 Å². The average molecular weight is 459 g/mol. The maximum atomic E-state index is 14.2. The van der Waals surface area contributed by atoms with Crippen LogP contribution in [0, 0.1) is 12.7 Å². The number of hydrogen-bond acceptors (Lipinski definition) is 3. The summed E-state index contributed by atoms with van der Waals surface area (Å²) >= 11 is 0. The summed E-state index contributed by atoms with van der Waals surface area (Å²) in [5, 5.41) is 0. The number of nitrogens with zero attached hydrogens (tertiary/aromatic N) is 2. The molecule has 1 amide bonds. The molecule has 4 nitrogen and oxygen atoms in total. The zero-order chi connectivity index (χ0) is 23.5. The molecule has 5 rings (SSSR count). The molecule has 34 heavy (non-hydrogen) atoms. The number of carbonyl (C=O) groups is 1. The number of halogens is 1. The second-order valence-corrected chi connectivity index (χ2v) is 9.54. The molecule has 2 aliphatic heterocycles. The predicted octanol–water partition coefficient (Wildman–Crippen LogP) is 5.53. The topological polar surface area (TPSA) is 42.4 Å². The van der Waals surface area contributed by atoms with Crippen molar-refractivity contribution in [1.29, 1.82) is 0 Å². The molecule has 2 aromatic carbocycles. The molecule has 176 valence electrons. The number of hydrogen-bond donors (Lipinski definition) is 0. The largest absolute Gasteiger partial charge is 0.381 e. The fraction of sp³-hybridized carbons (Fsp3) is 0.379. The van der Waals surface area contributed by atoms with Gasteiger partial charge in [0.15, 0.2) is 0 Å². The number of benzene rings is 2. The lowest BCUT2D eigenvalue weighted by Gasteiger charge is -2.41. The van der Waals surface area contributed by atoms with E-state index in [0.29, 0.717) is 38.0 Å². The molecular formula is C29H31FN2O2. The van der Waals surface area contributed by atoms with Gasteiger partial charge in [-0.25, -0.2) is 4.39 Å². The minimum Gasteiger partial charge on any atom is -0.381 e. The Balaban J connectivity index is 1.44. The predicted molar refractivity (Wildman–Crippen MR) is 130 cm³/mol. The van der Waals surface area contributed by atoms with E-state index in [2.05, 4.69) is 25.1 Å². The standard InChI is InChI=1S/C29H31FN2O2/c1-21-7-4-9-23(19-21)29(14-17-34-18-15-29)28(33)32-16-6-13-27(32)26-12-5-10-24(31-26)20-22-8-2-3-11-25(22)30/h2-5,7-12,19,27H,6,13-18,20H2,1H3/t27-/m0/s1. The molecule has 5 heteroatoms. The van der Waals surface area contributed by atoms with Crippen molar-refractivity contribution in [3.63, 3.8) is 0 Å². The monoisotopic (exact) mass is 458 g/mol. The van der Waals surface area contributed by atoms with E-state index in [0.717, 1.165) is 41.9 Å². The minimum atomic E-state index is -0.558. The van der Waals surface area contributed by atoms with Crippen LogP contribution in [0.2, 0.25) is 0 Å². The molecule has 0 aliphatic carbocycles. The Hall–Kier alpha value is -3.05. The lowest BCUT2D eigenvalue weighted by atomic mass is 9.72. The quantitative estimate of drug-likeness (QED) is 0.505. The molecule has 2 aliphatic rings. The highest BCUT2D eigenvalue weighted by Crippen LogP contribution is 2.41. The molecular weight excluding hydrogens is 427 g/mol. The molecule has 1 aromatic heterocycles. The molecule has 0 bridgehead atoms. The smallest absolute Gasteiger partial charge is 0.233 e. The molecule has 2 saturated heterocycles. The van der Waals surface area contributed by atoms with Crippen molar-refractivity contribution < 1.29 is 13.9 Å². The first-order valence-corrected chi connectivity index (χ1v) is 12.2. The number of likely N-dealkylation sites (tertiary alicyclic amines) is 1. The first kappa shape index (κ1) is 22.7. The number of rotatable bonds is 5. The molecule has 3 heterocycles. The van der Waals surface area contributed by atoms with Gasteiger partial charge in [0, 0.05) is 31.9 Å². The van der Waals surface area contributed by atoms with Gasteiger partial charge in [-0.15, -0.1) is 0 Å². The fourth-order valence-electron chi connectivity index (χ4n) is 5.50. The van der Waals surface area contributed by atoms with Gasteiger partial charge in [-0.1, -0.05) is 54.1 Å². The molecule has 0 N–H and O–H groups in total. The Bertz CT molecular complexity index is 1170. The van der Waals surface area contributed by atoms with Crippen LogP contribution < -0.4 is 0 Å². The van der Waals surface area contributed by atoms with E-state index in [9.17, 15) is 9.18 Å². The molecule has 1 atom stereocenters. The van der Waals surface area contributed by atoms with Crippen molar-refractivity contribution in [3.8, 4) is 0 Å². The summed E-state index contributed by atoms with van der Waals surface area (Å²) in [6.07, 6.45) is 3.67. The molecule has 0 spiro atoms. The zero-order valence-electron chi connectivity index (χ0n) is 19.7. The van der Waals surface area contributed by atoms with Crippen LogP contribution in [0.3, 0.4) is 0 Å². The van der Waals surface area contributed by atoms with Crippen molar-refractivity contribution in [2.45, 2.75) is 50.5 Å². The van der Waals surface area contributed by atoms with Crippen LogP contribution in [0.4, 0.5) is 4.39 Å². The van der Waals surface area contributed by atoms with Crippen LogP contribution in [0.1, 0.15) is 59.8 Å². The maximum Gasteiger partial charge on any atom is 0.233 e. The van der Waals surface area contributed by atoms with E-state index in [-0.39, 0.29) is 17.8 Å². The number of aryl methyl sites for hydroxylation is 1. The van der Waals surface area contributed by atoms with Gasteiger partial charge in [0.1, 0.15) is 5.82 Å². The average Bonchev–Trinajstić information content (AvgIpc) is 3.36. The van der Waals surface area contributed by atoms with Crippen LogP contribution in [0.15, 0.2) is 66.7 Å². The third-order valence-corrected chi connectivity index (χ3v) is 7.34. The number of pyridine rings is 1. The summed E-state index contributed by atoms with van der Waals surface area (Å²) in [5.74, 6) is -0.0304. The molecule has 2 fully saturated rings. The van der Waals surface area contributed by atoms with Gasteiger partial charge in [0.05, 0.1) is 17.2 Å². The number of amides is 1. The summed E-state index contributed by atoms with van der Waals surface area (Å²) in [5.41, 5.74) is 4.04. The van der Waals surface area contributed by atoms with E-state index in [4.69, 9.17) is 9.72 Å². The van der Waals surface area contributed by atoms with Gasteiger partial charge in [-0.2, -0.15) is 0 Å². The van der Waals surface area contributed by atoms with Crippen LogP contribution in [0.25, 0.3) is 0 Å². The van der Waals surface area contributed by atoms with Crippen LogP contribution in [-0.2, 0) is 21.4 Å². The Kier molecular flexibility index (Phi) is 6.46. The Morgan fingerprint density at radius 3 is 2.68 bits per heavy atom. The normalized spacial score (nSPS) is 19.8. The van der Waals surface area contributed by atoms with Gasteiger partial charge in [0.2, 0.25) is 5.91 Å². The highest BCUT2D eigenvalue weighted by molar-refractivity contribution is 5.89. The van der Waals surface area contributed by atoms with Gasteiger partial charge >= 0.3 is 0 Å². The van der Waals surface area contributed by atoms with Gasteiger partial charge in [-0.05, 0) is 61.9 Å². The second kappa shape index (κ2) is 9.67. The Morgan fingerprint density at radius 1 is 1.09 bits per heavy atom. The van der Waals surface area contributed by atoms with Crippen molar-refractivity contribution >= 4 is 5.91 Å². The van der Waals surface area contributed by atoms with Crippen molar-refractivity contribution in [2.75, 3.05) is 19.8 Å².